The van der Waals surface area contributed by atoms with Crippen LogP contribution in [0.25, 0.3) is 0 Å². The van der Waals surface area contributed by atoms with Crippen LogP contribution in [0.5, 0.6) is 0 Å². The molecule has 0 bridgehead atoms. The van der Waals surface area contributed by atoms with Crippen molar-refractivity contribution in [1.82, 2.24) is 0 Å². The second kappa shape index (κ2) is 11.2. The number of rotatable bonds is 7. The van der Waals surface area contributed by atoms with Gasteiger partial charge in [-0.05, 0) is 49.3 Å². The maximum atomic E-state index is 8.82. The lowest BCUT2D eigenvalue weighted by Crippen LogP contribution is -2.32. The van der Waals surface area contributed by atoms with Gasteiger partial charge in [-0.3, -0.25) is 0 Å². The molecule has 8 heteroatoms. The summed E-state index contributed by atoms with van der Waals surface area (Å²) in [6, 6.07) is 8.14. The lowest BCUT2D eigenvalue weighted by atomic mass is 9.82. The van der Waals surface area contributed by atoms with E-state index in [2.05, 4.69) is 17.0 Å². The predicted molar refractivity (Wildman–Crippen MR) is 93.6 cm³/mol. The van der Waals surface area contributed by atoms with Gasteiger partial charge in [-0.25, -0.2) is 0 Å². The first-order chi connectivity index (χ1) is 11.5. The van der Waals surface area contributed by atoms with Gasteiger partial charge in [0.05, 0.1) is 0 Å². The molecule has 1 saturated heterocycles. The van der Waals surface area contributed by atoms with Crippen LogP contribution < -0.4 is 10.6 Å². The fraction of sp³-hybridized carbons (Fsp3) is 0.562. The number of nitrogens with zero attached hydrogens (tertiary/aromatic N) is 1. The summed E-state index contributed by atoms with van der Waals surface area (Å²) >= 11 is 5.92. The zero-order chi connectivity index (χ0) is 17.9. The Labute approximate surface area is 147 Å². The minimum Gasteiger partial charge on any atom is -0.427 e. The van der Waals surface area contributed by atoms with Gasteiger partial charge in [-0.2, -0.15) is 9.59 Å². The lowest BCUT2D eigenvalue weighted by molar-refractivity contribution is -0.191. The molecule has 0 radical (unpaired) electrons. The van der Waals surface area contributed by atoms with Crippen molar-refractivity contribution in [1.29, 1.82) is 0 Å². The Kier molecular flexibility index (Phi) is 9.68. The van der Waals surface area contributed by atoms with Gasteiger partial charge in [0.1, 0.15) is 0 Å². The lowest BCUT2D eigenvalue weighted by Gasteiger charge is -2.22. The van der Waals surface area contributed by atoms with E-state index >= 15 is 0 Å². The van der Waals surface area contributed by atoms with Crippen LogP contribution in [0.4, 0.5) is 5.69 Å². The van der Waals surface area contributed by atoms with Gasteiger partial charge in [0, 0.05) is 29.8 Å². The second-order valence-corrected chi connectivity index (χ2v) is 6.42. The second-order valence-electron chi connectivity index (χ2n) is 5.98. The van der Waals surface area contributed by atoms with E-state index < -0.39 is 7.12 Å². The standard InChI is InChI=1S/C15H24BClN2O2.CO2/c17-13-4-6-14(7-5-13)19-10-8-12(11-19)15(18)3-1-2-9-16(20)21;2-1-3/h4-7,12,15,20-21H,1-3,8-11,18H2;. The van der Waals surface area contributed by atoms with Crippen LogP contribution in [-0.4, -0.2) is 42.4 Å². The topological polar surface area (TPSA) is 104 Å². The van der Waals surface area contributed by atoms with Crippen molar-refractivity contribution in [3.63, 3.8) is 0 Å². The van der Waals surface area contributed by atoms with E-state index in [1.165, 1.54) is 5.69 Å². The molecule has 0 aliphatic carbocycles. The van der Waals surface area contributed by atoms with Gasteiger partial charge in [-0.1, -0.05) is 24.4 Å². The summed E-state index contributed by atoms with van der Waals surface area (Å²) in [5.74, 6) is 0.514. The first-order valence-corrected chi connectivity index (χ1v) is 8.47. The minimum atomic E-state index is -1.19. The molecule has 4 N–H and O–H groups in total. The van der Waals surface area contributed by atoms with Crippen LogP contribution in [0.2, 0.25) is 11.3 Å². The summed E-state index contributed by atoms with van der Waals surface area (Å²) in [6.45, 7) is 2.03. The predicted octanol–water partition coefficient (Wildman–Crippen LogP) is 1.55. The molecule has 0 spiro atoms. The van der Waals surface area contributed by atoms with Gasteiger partial charge in [0.2, 0.25) is 0 Å². The SMILES string of the molecule is NC(CCCCB(O)O)C1CCN(c2ccc(Cl)cc2)C1.O=C=O. The Hall–Kier alpha value is -1.37. The normalized spacial score (nSPS) is 17.7. The van der Waals surface area contributed by atoms with E-state index in [0.717, 1.165) is 43.8 Å². The number of hydrogen-bond donors (Lipinski definition) is 3. The number of nitrogens with two attached hydrogens (primary N) is 1. The Morgan fingerprint density at radius 1 is 1.29 bits per heavy atom. The summed E-state index contributed by atoms with van der Waals surface area (Å²) in [7, 11) is -1.19. The number of benzene rings is 1. The van der Waals surface area contributed by atoms with E-state index in [-0.39, 0.29) is 12.2 Å². The minimum absolute atomic E-state index is 0.193. The third-order valence-corrected chi connectivity index (χ3v) is 4.52. The van der Waals surface area contributed by atoms with Crippen molar-refractivity contribution in [3.8, 4) is 0 Å². The number of halogens is 1. The summed E-state index contributed by atoms with van der Waals surface area (Å²) in [5.41, 5.74) is 7.49. The average Bonchev–Trinajstić information content (AvgIpc) is 3.03. The molecule has 2 rings (SSSR count). The number of unbranched alkanes of at least 4 members (excludes halogenated alkanes) is 1. The largest absolute Gasteiger partial charge is 0.451 e. The highest BCUT2D eigenvalue weighted by Crippen LogP contribution is 2.27. The van der Waals surface area contributed by atoms with Crippen molar-refractivity contribution in [3.05, 3.63) is 29.3 Å². The smallest absolute Gasteiger partial charge is 0.427 e. The highest BCUT2D eigenvalue weighted by molar-refractivity contribution is 6.40. The van der Waals surface area contributed by atoms with Crippen molar-refractivity contribution in [2.75, 3.05) is 18.0 Å². The van der Waals surface area contributed by atoms with Crippen LogP contribution in [-0.2, 0) is 9.59 Å². The number of anilines is 1. The molecule has 0 saturated carbocycles. The molecule has 1 aliphatic rings. The fourth-order valence-electron chi connectivity index (χ4n) is 2.97. The van der Waals surface area contributed by atoms with Crippen LogP contribution in [0, 0.1) is 5.92 Å². The maximum absolute atomic E-state index is 8.82. The van der Waals surface area contributed by atoms with E-state index in [1.54, 1.807) is 0 Å². The summed E-state index contributed by atoms with van der Waals surface area (Å²) in [5, 5.41) is 18.4. The molecule has 6 nitrogen and oxygen atoms in total. The van der Waals surface area contributed by atoms with E-state index in [1.807, 2.05) is 12.1 Å². The van der Waals surface area contributed by atoms with Crippen molar-refractivity contribution in [2.45, 2.75) is 38.0 Å². The quantitative estimate of drug-likeness (QED) is 0.507. The molecule has 24 heavy (non-hydrogen) atoms. The van der Waals surface area contributed by atoms with E-state index in [4.69, 9.17) is 37.0 Å². The molecular formula is C16H24BClN2O4. The Balaban J connectivity index is 0.000000891. The van der Waals surface area contributed by atoms with Gasteiger partial charge >= 0.3 is 13.3 Å². The first-order valence-electron chi connectivity index (χ1n) is 8.09. The first kappa shape index (κ1) is 20.7. The Bertz CT molecular complexity index is 509. The fourth-order valence-corrected chi connectivity index (χ4v) is 3.09. The van der Waals surface area contributed by atoms with Crippen molar-refractivity contribution < 1.29 is 19.6 Å². The monoisotopic (exact) mass is 354 g/mol. The molecule has 1 heterocycles. The zero-order valence-electron chi connectivity index (χ0n) is 13.6. The van der Waals surface area contributed by atoms with E-state index in [0.29, 0.717) is 12.2 Å². The van der Waals surface area contributed by atoms with Crippen molar-refractivity contribution in [2.24, 2.45) is 11.7 Å². The number of hydrogen-bond acceptors (Lipinski definition) is 6. The molecule has 2 atom stereocenters. The molecule has 0 aromatic heterocycles. The Morgan fingerprint density at radius 2 is 1.92 bits per heavy atom. The van der Waals surface area contributed by atoms with Gasteiger partial charge < -0.3 is 20.7 Å². The molecule has 0 amide bonds. The zero-order valence-corrected chi connectivity index (χ0v) is 14.4. The molecule has 1 fully saturated rings. The highest BCUT2D eigenvalue weighted by Gasteiger charge is 2.27. The van der Waals surface area contributed by atoms with Gasteiger partial charge in [0.15, 0.2) is 0 Å². The van der Waals surface area contributed by atoms with Crippen LogP contribution >= 0.6 is 11.6 Å². The molecule has 1 aliphatic heterocycles. The Morgan fingerprint density at radius 3 is 2.50 bits per heavy atom. The van der Waals surface area contributed by atoms with Crippen LogP contribution in [0.1, 0.15) is 25.7 Å². The molecule has 2 unspecified atom stereocenters. The summed E-state index contributed by atoms with van der Waals surface area (Å²) in [4.78, 5) is 18.6. The number of carbonyl (C=O) groups excluding carboxylic acids is 2. The van der Waals surface area contributed by atoms with Crippen molar-refractivity contribution >= 4 is 30.6 Å². The molecule has 1 aromatic carbocycles. The van der Waals surface area contributed by atoms with Crippen LogP contribution in [0.15, 0.2) is 24.3 Å². The molecule has 1 aromatic rings. The maximum Gasteiger partial charge on any atom is 0.451 e. The van der Waals surface area contributed by atoms with E-state index in [9.17, 15) is 0 Å². The molecule has 132 valence electrons. The third kappa shape index (κ3) is 7.47. The third-order valence-electron chi connectivity index (χ3n) is 4.27. The summed E-state index contributed by atoms with van der Waals surface area (Å²) < 4.78 is 0. The van der Waals surface area contributed by atoms with Gasteiger partial charge in [-0.15, -0.1) is 0 Å². The highest BCUT2D eigenvalue weighted by atomic mass is 35.5. The van der Waals surface area contributed by atoms with Gasteiger partial charge in [0.25, 0.3) is 0 Å². The molecular weight excluding hydrogens is 330 g/mol. The van der Waals surface area contributed by atoms with Crippen LogP contribution in [0.3, 0.4) is 0 Å². The summed E-state index contributed by atoms with van der Waals surface area (Å²) in [6.07, 6.45) is 4.53. The average molecular weight is 355 g/mol.